The van der Waals surface area contributed by atoms with Crippen LogP contribution in [-0.2, 0) is 11.2 Å². The van der Waals surface area contributed by atoms with Crippen LogP contribution in [0.4, 0.5) is 5.69 Å². The second-order valence-corrected chi connectivity index (χ2v) is 5.27. The standard InChI is InChI=1S/C18H14N4O2/c19-11-12-4-3-5-13(10-12)20-17(23)9-8-16-21-15-7-2-1-6-14(15)18(24)22-16/h1-7,10H,8-9H2,(H,20,23)(H,21,22,24). The van der Waals surface area contributed by atoms with Gasteiger partial charge in [-0.15, -0.1) is 0 Å². The van der Waals surface area contributed by atoms with Crippen LogP contribution in [0.15, 0.2) is 53.3 Å². The first-order chi connectivity index (χ1) is 11.7. The molecule has 0 unspecified atom stereocenters. The van der Waals surface area contributed by atoms with E-state index < -0.39 is 0 Å². The van der Waals surface area contributed by atoms with Gasteiger partial charge >= 0.3 is 0 Å². The van der Waals surface area contributed by atoms with Crippen LogP contribution in [0.1, 0.15) is 17.8 Å². The molecule has 1 amide bonds. The lowest BCUT2D eigenvalue weighted by molar-refractivity contribution is -0.116. The molecule has 0 spiro atoms. The molecule has 0 aliphatic rings. The highest BCUT2D eigenvalue weighted by Gasteiger charge is 2.07. The Morgan fingerprint density at radius 1 is 1.21 bits per heavy atom. The lowest BCUT2D eigenvalue weighted by Gasteiger charge is -2.06. The number of benzene rings is 2. The summed E-state index contributed by atoms with van der Waals surface area (Å²) in [6.45, 7) is 0. The van der Waals surface area contributed by atoms with Gasteiger partial charge in [0.1, 0.15) is 5.82 Å². The fourth-order valence-electron chi connectivity index (χ4n) is 2.38. The van der Waals surface area contributed by atoms with Crippen molar-refractivity contribution in [3.05, 3.63) is 70.3 Å². The first kappa shape index (κ1) is 15.4. The molecule has 118 valence electrons. The number of aromatic nitrogens is 2. The molecular formula is C18H14N4O2. The summed E-state index contributed by atoms with van der Waals surface area (Å²) < 4.78 is 0. The van der Waals surface area contributed by atoms with Crippen molar-refractivity contribution in [2.45, 2.75) is 12.8 Å². The van der Waals surface area contributed by atoms with E-state index in [4.69, 9.17) is 5.26 Å². The molecule has 24 heavy (non-hydrogen) atoms. The van der Waals surface area contributed by atoms with Gasteiger partial charge in [-0.3, -0.25) is 9.59 Å². The van der Waals surface area contributed by atoms with Gasteiger partial charge in [0.2, 0.25) is 5.91 Å². The van der Waals surface area contributed by atoms with Crippen LogP contribution < -0.4 is 10.9 Å². The van der Waals surface area contributed by atoms with E-state index in [1.807, 2.05) is 12.1 Å². The number of nitriles is 1. The number of fused-ring (bicyclic) bond motifs is 1. The summed E-state index contributed by atoms with van der Waals surface area (Å²) >= 11 is 0. The molecule has 0 radical (unpaired) electrons. The van der Waals surface area contributed by atoms with E-state index in [2.05, 4.69) is 15.3 Å². The van der Waals surface area contributed by atoms with Gasteiger partial charge < -0.3 is 10.3 Å². The average Bonchev–Trinajstić information content (AvgIpc) is 2.60. The number of rotatable bonds is 4. The number of carbonyl (C=O) groups is 1. The topological polar surface area (TPSA) is 98.6 Å². The van der Waals surface area contributed by atoms with E-state index in [1.54, 1.807) is 42.5 Å². The number of carbonyl (C=O) groups excluding carboxylic acids is 1. The molecule has 0 atom stereocenters. The Labute approximate surface area is 137 Å². The molecule has 0 fully saturated rings. The summed E-state index contributed by atoms with van der Waals surface area (Å²) in [7, 11) is 0. The van der Waals surface area contributed by atoms with E-state index in [0.29, 0.717) is 34.4 Å². The molecule has 0 bridgehead atoms. The maximum atomic E-state index is 12.0. The number of H-pyrrole nitrogens is 1. The normalized spacial score (nSPS) is 10.3. The first-order valence-corrected chi connectivity index (χ1v) is 7.43. The van der Waals surface area contributed by atoms with Gasteiger partial charge in [0.15, 0.2) is 0 Å². The Hall–Kier alpha value is -3.46. The van der Waals surface area contributed by atoms with Crippen LogP contribution in [0.3, 0.4) is 0 Å². The van der Waals surface area contributed by atoms with E-state index in [0.717, 1.165) is 0 Å². The van der Waals surface area contributed by atoms with Gasteiger partial charge in [0.25, 0.3) is 5.56 Å². The third kappa shape index (κ3) is 3.47. The maximum Gasteiger partial charge on any atom is 0.258 e. The first-order valence-electron chi connectivity index (χ1n) is 7.43. The van der Waals surface area contributed by atoms with Crippen molar-refractivity contribution in [2.24, 2.45) is 0 Å². The molecule has 0 saturated heterocycles. The number of anilines is 1. The molecule has 1 aromatic heterocycles. The monoisotopic (exact) mass is 318 g/mol. The third-order valence-corrected chi connectivity index (χ3v) is 3.53. The number of nitrogens with zero attached hydrogens (tertiary/aromatic N) is 2. The zero-order chi connectivity index (χ0) is 16.9. The SMILES string of the molecule is N#Cc1cccc(NC(=O)CCc2nc3ccccc3c(=O)[nH]2)c1. The Bertz CT molecular complexity index is 1000. The Kier molecular flexibility index (Phi) is 4.34. The van der Waals surface area contributed by atoms with Crippen molar-refractivity contribution in [1.82, 2.24) is 9.97 Å². The van der Waals surface area contributed by atoms with Crippen LogP contribution in [0, 0.1) is 11.3 Å². The molecule has 6 nitrogen and oxygen atoms in total. The number of hydrogen-bond donors (Lipinski definition) is 2. The fourth-order valence-corrected chi connectivity index (χ4v) is 2.38. The molecule has 2 aromatic carbocycles. The average molecular weight is 318 g/mol. The largest absolute Gasteiger partial charge is 0.326 e. The Morgan fingerprint density at radius 2 is 2.04 bits per heavy atom. The van der Waals surface area contributed by atoms with Gasteiger partial charge in [-0.2, -0.15) is 5.26 Å². The molecule has 0 saturated carbocycles. The third-order valence-electron chi connectivity index (χ3n) is 3.53. The van der Waals surface area contributed by atoms with E-state index in [9.17, 15) is 9.59 Å². The molecule has 6 heteroatoms. The van der Waals surface area contributed by atoms with Gasteiger partial charge in [0, 0.05) is 18.5 Å². The van der Waals surface area contributed by atoms with Crippen molar-refractivity contribution in [2.75, 3.05) is 5.32 Å². The molecule has 0 aliphatic carbocycles. The van der Waals surface area contributed by atoms with Gasteiger partial charge in [0.05, 0.1) is 22.5 Å². The smallest absolute Gasteiger partial charge is 0.258 e. The summed E-state index contributed by atoms with van der Waals surface area (Å²) in [6, 6.07) is 15.8. The predicted octanol–water partition coefficient (Wildman–Crippen LogP) is 2.37. The van der Waals surface area contributed by atoms with Crippen molar-refractivity contribution < 1.29 is 4.79 Å². The number of para-hydroxylation sites is 1. The fraction of sp³-hybridized carbons (Fsp3) is 0.111. The summed E-state index contributed by atoms with van der Waals surface area (Å²) in [5.41, 5.74) is 1.45. The van der Waals surface area contributed by atoms with Crippen molar-refractivity contribution in [3.63, 3.8) is 0 Å². The Balaban J connectivity index is 1.68. The van der Waals surface area contributed by atoms with E-state index >= 15 is 0 Å². The van der Waals surface area contributed by atoms with Crippen LogP contribution in [0.25, 0.3) is 10.9 Å². The Morgan fingerprint density at radius 3 is 2.88 bits per heavy atom. The van der Waals surface area contributed by atoms with Crippen LogP contribution >= 0.6 is 0 Å². The minimum atomic E-state index is -0.210. The van der Waals surface area contributed by atoms with Crippen molar-refractivity contribution in [1.29, 1.82) is 5.26 Å². The zero-order valence-electron chi connectivity index (χ0n) is 12.7. The number of amides is 1. The molecule has 3 rings (SSSR count). The number of aryl methyl sites for hydroxylation is 1. The summed E-state index contributed by atoms with van der Waals surface area (Å²) in [6.07, 6.45) is 0.502. The van der Waals surface area contributed by atoms with E-state index in [-0.39, 0.29) is 17.9 Å². The molecule has 1 heterocycles. The van der Waals surface area contributed by atoms with Crippen molar-refractivity contribution in [3.8, 4) is 6.07 Å². The van der Waals surface area contributed by atoms with Crippen LogP contribution in [-0.4, -0.2) is 15.9 Å². The lowest BCUT2D eigenvalue weighted by Crippen LogP contribution is -2.16. The summed E-state index contributed by atoms with van der Waals surface area (Å²) in [5, 5.41) is 12.1. The predicted molar refractivity (Wildman–Crippen MR) is 90.5 cm³/mol. The lowest BCUT2D eigenvalue weighted by atomic mass is 10.2. The molecule has 2 N–H and O–H groups in total. The van der Waals surface area contributed by atoms with Gasteiger partial charge in [-0.25, -0.2) is 4.98 Å². The minimum Gasteiger partial charge on any atom is -0.326 e. The van der Waals surface area contributed by atoms with Crippen LogP contribution in [0.5, 0.6) is 0 Å². The van der Waals surface area contributed by atoms with Crippen molar-refractivity contribution >= 4 is 22.5 Å². The highest BCUT2D eigenvalue weighted by atomic mass is 16.1. The highest BCUT2D eigenvalue weighted by Crippen LogP contribution is 2.11. The second kappa shape index (κ2) is 6.75. The number of nitrogens with one attached hydrogen (secondary N) is 2. The van der Waals surface area contributed by atoms with Gasteiger partial charge in [-0.05, 0) is 30.3 Å². The van der Waals surface area contributed by atoms with E-state index in [1.165, 1.54) is 0 Å². The minimum absolute atomic E-state index is 0.179. The van der Waals surface area contributed by atoms with Gasteiger partial charge in [-0.1, -0.05) is 18.2 Å². The number of aromatic amines is 1. The highest BCUT2D eigenvalue weighted by molar-refractivity contribution is 5.91. The maximum absolute atomic E-state index is 12.0. The number of hydrogen-bond acceptors (Lipinski definition) is 4. The summed E-state index contributed by atoms with van der Waals surface area (Å²) in [5.74, 6) is 0.264. The zero-order valence-corrected chi connectivity index (χ0v) is 12.7. The van der Waals surface area contributed by atoms with Crippen LogP contribution in [0.2, 0.25) is 0 Å². The molecular weight excluding hydrogens is 304 g/mol. The molecule has 0 aliphatic heterocycles. The second-order valence-electron chi connectivity index (χ2n) is 5.27. The summed E-state index contributed by atoms with van der Waals surface area (Å²) in [4.78, 5) is 31.1. The quantitative estimate of drug-likeness (QED) is 0.771. The molecule has 3 aromatic rings.